The zero-order valence-electron chi connectivity index (χ0n) is 10.9. The van der Waals surface area contributed by atoms with E-state index in [-0.39, 0.29) is 0 Å². The third-order valence-corrected chi connectivity index (χ3v) is 11.8. The molecule has 0 saturated carbocycles. The van der Waals surface area contributed by atoms with Gasteiger partial charge in [-0.15, -0.1) is 0 Å². The first-order valence-electron chi connectivity index (χ1n) is 6.54. The van der Waals surface area contributed by atoms with Crippen LogP contribution in [0.15, 0.2) is 0 Å². The first-order chi connectivity index (χ1) is 8.16. The Morgan fingerprint density at radius 1 is 0.941 bits per heavy atom. The molecule has 0 aromatic heterocycles. The van der Waals surface area contributed by atoms with Crippen molar-refractivity contribution in [2.45, 2.75) is 35.7 Å². The highest BCUT2D eigenvalue weighted by atomic mass is 32.2. The Morgan fingerprint density at radius 2 is 1.35 bits per heavy atom. The fraction of sp³-hybridized carbons (Fsp3) is 1.00. The summed E-state index contributed by atoms with van der Waals surface area (Å²) in [6, 6.07) is 3.07. The van der Waals surface area contributed by atoms with Crippen LogP contribution in [0.2, 0.25) is 25.2 Å². The van der Waals surface area contributed by atoms with Gasteiger partial charge in [0.25, 0.3) is 0 Å². The van der Waals surface area contributed by atoms with E-state index in [1.165, 1.54) is 46.6 Å². The molecule has 0 N–H and O–H groups in total. The Balaban J connectivity index is 1.43. The molecule has 0 amide bonds. The van der Waals surface area contributed by atoms with Crippen LogP contribution in [0.4, 0.5) is 0 Å². The lowest BCUT2D eigenvalue weighted by Gasteiger charge is -2.21. The van der Waals surface area contributed by atoms with E-state index < -0.39 is 8.07 Å². The second kappa shape index (κ2) is 7.41. The average Bonchev–Trinajstić information content (AvgIpc) is 3.13. The summed E-state index contributed by atoms with van der Waals surface area (Å²) in [7, 11) is -0.862. The van der Waals surface area contributed by atoms with Crippen LogP contribution in [-0.4, -0.2) is 53.1 Å². The van der Waals surface area contributed by atoms with Crippen LogP contribution in [-0.2, 0) is 0 Å². The zero-order valence-corrected chi connectivity index (χ0v) is 15.2. The molecule has 0 bridgehead atoms. The summed E-state index contributed by atoms with van der Waals surface area (Å²) in [6.45, 7) is 5.18. The van der Waals surface area contributed by atoms with Crippen molar-refractivity contribution in [1.82, 2.24) is 0 Å². The molecule has 2 heterocycles. The zero-order chi connectivity index (χ0) is 12.1. The van der Waals surface area contributed by atoms with Crippen molar-refractivity contribution in [3.8, 4) is 0 Å². The summed E-state index contributed by atoms with van der Waals surface area (Å²) in [5, 5.41) is 2.05. The molecule has 2 unspecified atom stereocenters. The van der Waals surface area contributed by atoms with E-state index in [4.69, 9.17) is 0 Å². The Kier molecular flexibility index (Phi) is 6.55. The van der Waals surface area contributed by atoms with Crippen LogP contribution >= 0.6 is 47.0 Å². The van der Waals surface area contributed by atoms with Gasteiger partial charge in [0, 0.05) is 41.6 Å². The molecule has 2 saturated heterocycles. The molecule has 2 atom stereocenters. The van der Waals surface area contributed by atoms with Crippen molar-refractivity contribution >= 4 is 55.1 Å². The molecule has 0 nitrogen and oxygen atoms in total. The van der Waals surface area contributed by atoms with Crippen LogP contribution in [0.3, 0.4) is 0 Å². The minimum absolute atomic E-state index is 0.862. The smallest absolute Gasteiger partial charge is 0.0489 e. The molecule has 5 heteroatoms. The Morgan fingerprint density at radius 3 is 1.71 bits per heavy atom. The first-order valence-corrected chi connectivity index (χ1v) is 14.4. The molecule has 2 aliphatic rings. The quantitative estimate of drug-likeness (QED) is 0.332. The number of thioether (sulfide) groups is 4. The lowest BCUT2D eigenvalue weighted by atomic mass is 10.6. The molecule has 0 aromatic rings. The van der Waals surface area contributed by atoms with Crippen LogP contribution < -0.4 is 0 Å². The molecule has 100 valence electrons. The summed E-state index contributed by atoms with van der Waals surface area (Å²) in [6.07, 6.45) is 0. The fourth-order valence-electron chi connectivity index (χ4n) is 1.58. The van der Waals surface area contributed by atoms with E-state index in [2.05, 4.69) is 60.1 Å². The van der Waals surface area contributed by atoms with Crippen LogP contribution in [0.1, 0.15) is 0 Å². The van der Waals surface area contributed by atoms with E-state index in [0.29, 0.717) is 0 Å². The molecule has 2 aliphatic heterocycles. The van der Waals surface area contributed by atoms with Crippen molar-refractivity contribution in [2.75, 3.05) is 34.5 Å². The highest BCUT2D eigenvalue weighted by Crippen LogP contribution is 2.34. The number of rotatable bonds is 10. The maximum absolute atomic E-state index is 2.59. The van der Waals surface area contributed by atoms with E-state index in [1.807, 2.05) is 0 Å². The second-order valence-electron chi connectivity index (χ2n) is 5.72. The second-order valence-corrected chi connectivity index (χ2v) is 16.0. The van der Waals surface area contributed by atoms with Gasteiger partial charge in [0.1, 0.15) is 0 Å². The lowest BCUT2D eigenvalue weighted by molar-refractivity contribution is 1.23. The van der Waals surface area contributed by atoms with Crippen molar-refractivity contribution in [3.05, 3.63) is 0 Å². The summed E-state index contributed by atoms with van der Waals surface area (Å²) >= 11 is 8.69. The van der Waals surface area contributed by atoms with Gasteiger partial charge in [0.15, 0.2) is 0 Å². The van der Waals surface area contributed by atoms with Gasteiger partial charge < -0.3 is 0 Å². The summed E-state index contributed by atoms with van der Waals surface area (Å²) in [5.74, 6) is 8.57. The van der Waals surface area contributed by atoms with Gasteiger partial charge in [-0.05, 0) is 23.6 Å². The molecule has 2 rings (SSSR count). The molecule has 0 aromatic carbocycles. The van der Waals surface area contributed by atoms with Crippen molar-refractivity contribution in [2.24, 2.45) is 0 Å². The SMILES string of the molecule is C[Si](C)(CCSCC1CS1)CCSCC1CS1. The van der Waals surface area contributed by atoms with Gasteiger partial charge in [-0.2, -0.15) is 47.0 Å². The fourth-order valence-corrected chi connectivity index (χ4v) is 10.7. The minimum Gasteiger partial charge on any atom is -0.161 e. The number of hydrogen-bond acceptors (Lipinski definition) is 4. The number of hydrogen-bond donors (Lipinski definition) is 0. The predicted octanol–water partition coefficient (Wildman–Crippen LogP) is 4.39. The molecular formula is C12H24S4Si. The molecule has 17 heavy (non-hydrogen) atoms. The highest BCUT2D eigenvalue weighted by molar-refractivity contribution is 8.09. The summed E-state index contributed by atoms with van der Waals surface area (Å²) in [4.78, 5) is 0. The maximum Gasteiger partial charge on any atom is 0.0489 e. The molecule has 0 aliphatic carbocycles. The standard InChI is InChI=1S/C12H24S4Si/c1-17(2,5-3-13-7-11-9-15-11)6-4-14-8-12-10-16-12/h11-12H,3-10H2,1-2H3. The molecule has 0 radical (unpaired) electrons. The Hall–Kier alpha value is 1.62. The van der Waals surface area contributed by atoms with E-state index in [1.54, 1.807) is 0 Å². The molecule has 2 fully saturated rings. The van der Waals surface area contributed by atoms with Crippen molar-refractivity contribution in [3.63, 3.8) is 0 Å². The third kappa shape index (κ3) is 7.70. The largest absolute Gasteiger partial charge is 0.161 e. The van der Waals surface area contributed by atoms with Gasteiger partial charge >= 0.3 is 0 Å². The van der Waals surface area contributed by atoms with Crippen LogP contribution in [0, 0.1) is 0 Å². The Labute approximate surface area is 125 Å². The van der Waals surface area contributed by atoms with Gasteiger partial charge in [0.05, 0.1) is 0 Å². The lowest BCUT2D eigenvalue weighted by Crippen LogP contribution is -2.26. The van der Waals surface area contributed by atoms with Crippen molar-refractivity contribution in [1.29, 1.82) is 0 Å². The van der Waals surface area contributed by atoms with Crippen LogP contribution in [0.25, 0.3) is 0 Å². The normalized spacial score (nSPS) is 27.2. The molecular weight excluding hydrogens is 300 g/mol. The predicted molar refractivity (Wildman–Crippen MR) is 94.2 cm³/mol. The van der Waals surface area contributed by atoms with E-state index in [0.717, 1.165) is 10.5 Å². The van der Waals surface area contributed by atoms with Crippen molar-refractivity contribution < 1.29 is 0 Å². The summed E-state index contributed by atoms with van der Waals surface area (Å²) < 4.78 is 0. The van der Waals surface area contributed by atoms with Gasteiger partial charge in [0.2, 0.25) is 0 Å². The Bertz CT molecular complexity index is 205. The minimum atomic E-state index is -0.862. The van der Waals surface area contributed by atoms with Gasteiger partial charge in [-0.25, -0.2) is 0 Å². The topological polar surface area (TPSA) is 0 Å². The van der Waals surface area contributed by atoms with Gasteiger partial charge in [-0.3, -0.25) is 0 Å². The van der Waals surface area contributed by atoms with Crippen LogP contribution in [0.5, 0.6) is 0 Å². The third-order valence-electron chi connectivity index (χ3n) is 3.26. The first kappa shape index (κ1) is 15.0. The highest BCUT2D eigenvalue weighted by Gasteiger charge is 2.25. The van der Waals surface area contributed by atoms with E-state index >= 15 is 0 Å². The average molecular weight is 325 g/mol. The van der Waals surface area contributed by atoms with Gasteiger partial charge in [-0.1, -0.05) is 13.1 Å². The maximum atomic E-state index is 2.59. The van der Waals surface area contributed by atoms with E-state index in [9.17, 15) is 0 Å². The summed E-state index contributed by atoms with van der Waals surface area (Å²) in [5.41, 5.74) is 0. The monoisotopic (exact) mass is 324 g/mol. The molecule has 0 spiro atoms.